The van der Waals surface area contributed by atoms with Crippen LogP contribution in [0.1, 0.15) is 22.6 Å². The molecule has 0 saturated carbocycles. The molecule has 0 N–H and O–H groups in total. The molecule has 0 aliphatic carbocycles. The van der Waals surface area contributed by atoms with E-state index in [1.807, 2.05) is 6.07 Å². The summed E-state index contributed by atoms with van der Waals surface area (Å²) in [5, 5.41) is 8.79. The van der Waals surface area contributed by atoms with Crippen LogP contribution in [0.4, 0.5) is 0 Å². The van der Waals surface area contributed by atoms with Crippen molar-refractivity contribution < 1.29 is 14.3 Å². The zero-order valence-electron chi connectivity index (χ0n) is 14.7. The highest BCUT2D eigenvalue weighted by Gasteiger charge is 2.45. The van der Waals surface area contributed by atoms with Crippen LogP contribution >= 0.6 is 0 Å². The van der Waals surface area contributed by atoms with Gasteiger partial charge in [0.05, 0.1) is 24.9 Å². The number of fused-ring (bicyclic) bond motifs is 1. The molecule has 3 atom stereocenters. The Morgan fingerprint density at radius 2 is 2.15 bits per heavy atom. The molecular weight excluding hydrogens is 346 g/mol. The fraction of sp³-hybridized carbons (Fsp3) is 0.421. The zero-order valence-corrected chi connectivity index (χ0v) is 14.7. The van der Waals surface area contributed by atoms with E-state index in [1.165, 1.54) is 6.20 Å². The van der Waals surface area contributed by atoms with Crippen LogP contribution in [0.3, 0.4) is 0 Å². The molecule has 0 radical (unpaired) electrons. The first kappa shape index (κ1) is 17.4. The lowest BCUT2D eigenvalue weighted by Crippen LogP contribution is -2.32. The standard InChI is InChI=1S/C19H19N5O3/c20-8-13-2-3-17(23-9-13)26-7-4-14-12-27-16-11-24(10-15(14)16)19(25)18-21-5-1-6-22-18/h1-3,5-6,9,14-16H,4,7,10-12H2/t14-,15-,16-/m1/s1. The number of nitriles is 1. The molecule has 2 aromatic heterocycles. The number of carbonyl (C=O) groups is 1. The monoisotopic (exact) mass is 365 g/mol. The van der Waals surface area contributed by atoms with Crippen molar-refractivity contribution in [3.8, 4) is 11.9 Å². The van der Waals surface area contributed by atoms with Crippen molar-refractivity contribution in [2.75, 3.05) is 26.3 Å². The first-order chi connectivity index (χ1) is 13.2. The molecule has 2 fully saturated rings. The topological polar surface area (TPSA) is 101 Å². The highest BCUT2D eigenvalue weighted by atomic mass is 16.5. The first-order valence-corrected chi connectivity index (χ1v) is 8.91. The maximum absolute atomic E-state index is 12.5. The molecule has 8 nitrogen and oxygen atoms in total. The fourth-order valence-electron chi connectivity index (χ4n) is 3.66. The third-order valence-electron chi connectivity index (χ3n) is 5.09. The SMILES string of the molecule is N#Cc1ccc(OCC[C@@H]2CO[C@@H]3CN(C(=O)c4ncccn4)C[C@H]23)nc1. The number of nitrogens with zero attached hydrogens (tertiary/aromatic N) is 5. The van der Waals surface area contributed by atoms with E-state index in [1.54, 1.807) is 35.5 Å². The summed E-state index contributed by atoms with van der Waals surface area (Å²) in [6, 6.07) is 7.10. The Bertz CT molecular complexity index is 837. The average molecular weight is 365 g/mol. The van der Waals surface area contributed by atoms with E-state index >= 15 is 0 Å². The Morgan fingerprint density at radius 1 is 1.30 bits per heavy atom. The highest BCUT2D eigenvalue weighted by Crippen LogP contribution is 2.35. The van der Waals surface area contributed by atoms with E-state index in [0.717, 1.165) is 6.42 Å². The summed E-state index contributed by atoms with van der Waals surface area (Å²) in [6.45, 7) is 2.44. The molecule has 4 heterocycles. The van der Waals surface area contributed by atoms with Crippen molar-refractivity contribution in [1.29, 1.82) is 5.26 Å². The van der Waals surface area contributed by atoms with Gasteiger partial charge in [-0.3, -0.25) is 4.79 Å². The van der Waals surface area contributed by atoms with E-state index in [-0.39, 0.29) is 17.8 Å². The Labute approximate surface area is 156 Å². The Kier molecular flexibility index (Phi) is 4.94. The summed E-state index contributed by atoms with van der Waals surface area (Å²) in [6.07, 6.45) is 5.54. The van der Waals surface area contributed by atoms with Crippen molar-refractivity contribution in [2.24, 2.45) is 11.8 Å². The average Bonchev–Trinajstić information content (AvgIpc) is 3.30. The second-order valence-corrected chi connectivity index (χ2v) is 6.71. The summed E-state index contributed by atoms with van der Waals surface area (Å²) in [4.78, 5) is 26.5. The second kappa shape index (κ2) is 7.68. The van der Waals surface area contributed by atoms with Crippen LogP contribution in [0.5, 0.6) is 5.88 Å². The molecule has 0 aromatic carbocycles. The van der Waals surface area contributed by atoms with Gasteiger partial charge in [-0.15, -0.1) is 0 Å². The minimum absolute atomic E-state index is 0.0655. The van der Waals surface area contributed by atoms with Gasteiger partial charge in [-0.1, -0.05) is 0 Å². The summed E-state index contributed by atoms with van der Waals surface area (Å²) in [5.74, 6) is 1.22. The zero-order chi connectivity index (χ0) is 18.6. The Morgan fingerprint density at radius 3 is 2.89 bits per heavy atom. The number of aromatic nitrogens is 3. The predicted molar refractivity (Wildman–Crippen MR) is 93.7 cm³/mol. The van der Waals surface area contributed by atoms with Crippen molar-refractivity contribution in [3.63, 3.8) is 0 Å². The van der Waals surface area contributed by atoms with Crippen molar-refractivity contribution in [1.82, 2.24) is 19.9 Å². The molecule has 2 aliphatic heterocycles. The third-order valence-corrected chi connectivity index (χ3v) is 5.09. The van der Waals surface area contributed by atoms with Gasteiger partial charge >= 0.3 is 0 Å². The second-order valence-electron chi connectivity index (χ2n) is 6.71. The van der Waals surface area contributed by atoms with Gasteiger partial charge in [0.25, 0.3) is 5.91 Å². The van der Waals surface area contributed by atoms with Gasteiger partial charge in [0.15, 0.2) is 0 Å². The van der Waals surface area contributed by atoms with Crippen LogP contribution < -0.4 is 4.74 Å². The maximum Gasteiger partial charge on any atom is 0.291 e. The van der Waals surface area contributed by atoms with Crippen LogP contribution in [0.2, 0.25) is 0 Å². The highest BCUT2D eigenvalue weighted by molar-refractivity contribution is 5.90. The minimum atomic E-state index is -0.148. The molecule has 2 aliphatic rings. The fourth-order valence-corrected chi connectivity index (χ4v) is 3.66. The molecule has 1 amide bonds. The van der Waals surface area contributed by atoms with E-state index in [0.29, 0.717) is 49.6 Å². The lowest BCUT2D eigenvalue weighted by atomic mass is 9.91. The summed E-state index contributed by atoms with van der Waals surface area (Å²) >= 11 is 0. The van der Waals surface area contributed by atoms with Gasteiger partial charge < -0.3 is 14.4 Å². The number of amides is 1. The maximum atomic E-state index is 12.5. The Hall–Kier alpha value is -3.05. The lowest BCUT2D eigenvalue weighted by Gasteiger charge is -2.19. The summed E-state index contributed by atoms with van der Waals surface area (Å²) < 4.78 is 11.6. The molecule has 2 aromatic rings. The largest absolute Gasteiger partial charge is 0.478 e. The number of pyridine rings is 1. The van der Waals surface area contributed by atoms with Gasteiger partial charge in [-0.25, -0.2) is 15.0 Å². The van der Waals surface area contributed by atoms with E-state index in [4.69, 9.17) is 14.7 Å². The van der Waals surface area contributed by atoms with Gasteiger partial charge in [-0.2, -0.15) is 5.26 Å². The quantitative estimate of drug-likeness (QED) is 0.787. The van der Waals surface area contributed by atoms with E-state index in [2.05, 4.69) is 15.0 Å². The Balaban J connectivity index is 1.30. The smallest absolute Gasteiger partial charge is 0.291 e. The van der Waals surface area contributed by atoms with Crippen LogP contribution in [0.15, 0.2) is 36.8 Å². The predicted octanol–water partition coefficient (Wildman–Crippen LogP) is 1.30. The van der Waals surface area contributed by atoms with Gasteiger partial charge in [-0.05, 0) is 24.5 Å². The third kappa shape index (κ3) is 3.73. The summed E-state index contributed by atoms with van der Waals surface area (Å²) in [5.41, 5.74) is 0.507. The molecule has 138 valence electrons. The van der Waals surface area contributed by atoms with E-state index < -0.39 is 0 Å². The molecular formula is C19H19N5O3. The van der Waals surface area contributed by atoms with Gasteiger partial charge in [0.2, 0.25) is 11.7 Å². The first-order valence-electron chi connectivity index (χ1n) is 8.91. The van der Waals surface area contributed by atoms with E-state index in [9.17, 15) is 4.79 Å². The van der Waals surface area contributed by atoms with Crippen LogP contribution in [0.25, 0.3) is 0 Å². The number of ether oxygens (including phenoxy) is 2. The van der Waals surface area contributed by atoms with Crippen LogP contribution in [-0.2, 0) is 4.74 Å². The summed E-state index contributed by atoms with van der Waals surface area (Å²) in [7, 11) is 0. The van der Waals surface area contributed by atoms with Crippen LogP contribution in [-0.4, -0.2) is 58.2 Å². The number of carbonyl (C=O) groups excluding carboxylic acids is 1. The molecule has 8 heteroatoms. The molecule has 2 saturated heterocycles. The van der Waals surface area contributed by atoms with Crippen molar-refractivity contribution >= 4 is 5.91 Å². The molecule has 0 spiro atoms. The minimum Gasteiger partial charge on any atom is -0.478 e. The van der Waals surface area contributed by atoms with Gasteiger partial charge in [0.1, 0.15) is 6.07 Å². The molecule has 4 rings (SSSR count). The number of hydrogen-bond acceptors (Lipinski definition) is 7. The van der Waals surface area contributed by atoms with Crippen LogP contribution in [0, 0.1) is 23.2 Å². The van der Waals surface area contributed by atoms with Crippen molar-refractivity contribution in [2.45, 2.75) is 12.5 Å². The number of rotatable bonds is 5. The van der Waals surface area contributed by atoms with Crippen molar-refractivity contribution in [3.05, 3.63) is 48.2 Å². The van der Waals surface area contributed by atoms with Gasteiger partial charge in [0, 0.05) is 43.7 Å². The number of hydrogen-bond donors (Lipinski definition) is 0. The lowest BCUT2D eigenvalue weighted by molar-refractivity contribution is 0.0662. The molecule has 0 unspecified atom stereocenters. The molecule has 0 bridgehead atoms. The normalized spacial score (nSPS) is 23.7. The molecule has 27 heavy (non-hydrogen) atoms. The number of likely N-dealkylation sites (tertiary alicyclic amines) is 1.